The van der Waals surface area contributed by atoms with E-state index < -0.39 is 15.8 Å². The Hall–Kier alpha value is -3.04. The highest BCUT2D eigenvalue weighted by atomic mass is 32.2. The topological polar surface area (TPSA) is 76.3 Å². The van der Waals surface area contributed by atoms with Crippen LogP contribution >= 0.6 is 11.3 Å². The van der Waals surface area contributed by atoms with Gasteiger partial charge >= 0.3 is 0 Å². The summed E-state index contributed by atoms with van der Waals surface area (Å²) in [6.45, 7) is 4.01. The molecule has 154 valence electrons. The van der Waals surface area contributed by atoms with Crippen molar-refractivity contribution in [3.8, 4) is 22.2 Å². The van der Waals surface area contributed by atoms with E-state index in [-0.39, 0.29) is 10.8 Å². The first kappa shape index (κ1) is 20.2. The predicted octanol–water partition coefficient (Wildman–Crippen LogP) is 5.05. The monoisotopic (exact) mass is 443 g/mol. The molecule has 0 aliphatic heterocycles. The molecular weight excluding hydrogens is 425 g/mol. The summed E-state index contributed by atoms with van der Waals surface area (Å²) < 4.78 is 46.0. The Bertz CT molecular complexity index is 1310. The van der Waals surface area contributed by atoms with Crippen LogP contribution in [0.25, 0.3) is 22.2 Å². The maximum Gasteiger partial charge on any atom is 0.269 e. The zero-order valence-corrected chi connectivity index (χ0v) is 18.1. The van der Waals surface area contributed by atoms with Gasteiger partial charge in [-0.15, -0.1) is 11.3 Å². The van der Waals surface area contributed by atoms with Crippen molar-refractivity contribution in [3.63, 3.8) is 0 Å². The van der Waals surface area contributed by atoms with Gasteiger partial charge in [-0.3, -0.25) is 4.31 Å². The number of halogens is 1. The van der Waals surface area contributed by atoms with Gasteiger partial charge in [-0.1, -0.05) is 17.3 Å². The molecule has 2 heterocycles. The number of hydrogen-bond acceptors (Lipinski definition) is 6. The summed E-state index contributed by atoms with van der Waals surface area (Å²) in [5.74, 6) is 0.0755. The van der Waals surface area contributed by atoms with Crippen LogP contribution in [0.1, 0.15) is 11.1 Å². The van der Waals surface area contributed by atoms with Crippen molar-refractivity contribution >= 4 is 27.0 Å². The molecule has 0 unspecified atom stereocenters. The number of hydrogen-bond donors (Lipinski definition) is 0. The number of aryl methyl sites for hydroxylation is 2. The van der Waals surface area contributed by atoms with Gasteiger partial charge in [-0.2, -0.15) is 4.98 Å². The second-order valence-corrected chi connectivity index (χ2v) is 9.64. The third-order valence-electron chi connectivity index (χ3n) is 4.84. The van der Waals surface area contributed by atoms with Gasteiger partial charge in [-0.05, 0) is 66.8 Å². The van der Waals surface area contributed by atoms with Crippen molar-refractivity contribution in [2.75, 3.05) is 11.4 Å². The molecule has 0 saturated carbocycles. The smallest absolute Gasteiger partial charge is 0.269 e. The van der Waals surface area contributed by atoms with E-state index in [1.54, 1.807) is 5.38 Å². The molecule has 6 nitrogen and oxygen atoms in total. The highest BCUT2D eigenvalue weighted by molar-refractivity contribution is 7.93. The number of benzene rings is 2. The summed E-state index contributed by atoms with van der Waals surface area (Å²) in [6, 6.07) is 12.6. The fourth-order valence-electron chi connectivity index (χ4n) is 2.91. The Morgan fingerprint density at radius 2 is 1.77 bits per heavy atom. The largest absolute Gasteiger partial charge is 0.333 e. The lowest BCUT2D eigenvalue weighted by Gasteiger charge is -2.19. The Balaban J connectivity index is 1.70. The molecule has 0 fully saturated rings. The van der Waals surface area contributed by atoms with E-state index in [0.29, 0.717) is 16.4 Å². The van der Waals surface area contributed by atoms with Crippen molar-refractivity contribution in [2.24, 2.45) is 0 Å². The van der Waals surface area contributed by atoms with Crippen LogP contribution in [0.2, 0.25) is 0 Å². The summed E-state index contributed by atoms with van der Waals surface area (Å²) in [5, 5.41) is 5.67. The van der Waals surface area contributed by atoms with Crippen molar-refractivity contribution in [2.45, 2.75) is 18.7 Å². The molecule has 0 saturated heterocycles. The van der Waals surface area contributed by atoms with Crippen LogP contribution in [0.5, 0.6) is 0 Å². The van der Waals surface area contributed by atoms with Crippen LogP contribution in [0.4, 0.5) is 10.1 Å². The zero-order valence-electron chi connectivity index (χ0n) is 16.5. The summed E-state index contributed by atoms with van der Waals surface area (Å²) in [4.78, 5) is 4.82. The Kier molecular flexibility index (Phi) is 5.17. The first-order valence-corrected chi connectivity index (χ1v) is 11.3. The molecule has 0 radical (unpaired) electrons. The Morgan fingerprint density at radius 1 is 1.03 bits per heavy atom. The average Bonchev–Trinajstić information content (AvgIpc) is 3.39. The second-order valence-electron chi connectivity index (χ2n) is 6.79. The van der Waals surface area contributed by atoms with E-state index in [0.717, 1.165) is 21.0 Å². The second kappa shape index (κ2) is 7.66. The minimum Gasteiger partial charge on any atom is -0.333 e. The van der Waals surface area contributed by atoms with E-state index >= 15 is 0 Å². The molecule has 2 aromatic heterocycles. The van der Waals surface area contributed by atoms with Crippen LogP contribution in [0, 0.1) is 19.7 Å². The molecule has 0 aliphatic rings. The number of aromatic nitrogens is 2. The van der Waals surface area contributed by atoms with Gasteiger partial charge < -0.3 is 4.52 Å². The summed E-state index contributed by atoms with van der Waals surface area (Å²) in [7, 11) is -2.50. The lowest BCUT2D eigenvalue weighted by molar-refractivity contribution is 0.432. The molecule has 0 bridgehead atoms. The summed E-state index contributed by atoms with van der Waals surface area (Å²) >= 11 is 1.20. The first-order chi connectivity index (χ1) is 14.3. The number of anilines is 1. The van der Waals surface area contributed by atoms with Crippen molar-refractivity contribution in [3.05, 3.63) is 70.9 Å². The fraction of sp³-hybridized carbons (Fsp3) is 0.143. The number of nitrogens with zero attached hydrogens (tertiary/aromatic N) is 3. The quantitative estimate of drug-likeness (QED) is 0.432. The van der Waals surface area contributed by atoms with Crippen molar-refractivity contribution in [1.29, 1.82) is 0 Å². The van der Waals surface area contributed by atoms with Crippen LogP contribution in [-0.4, -0.2) is 25.6 Å². The van der Waals surface area contributed by atoms with E-state index in [1.165, 1.54) is 48.7 Å². The zero-order chi connectivity index (χ0) is 21.5. The Labute approximate surface area is 177 Å². The molecule has 4 rings (SSSR count). The average molecular weight is 444 g/mol. The van der Waals surface area contributed by atoms with Crippen molar-refractivity contribution < 1.29 is 17.3 Å². The third kappa shape index (κ3) is 3.61. The molecular formula is C21H18FN3O3S2. The molecule has 30 heavy (non-hydrogen) atoms. The number of sulfonamides is 1. The Morgan fingerprint density at radius 3 is 2.47 bits per heavy atom. The lowest BCUT2D eigenvalue weighted by atomic mass is 10.1. The van der Waals surface area contributed by atoms with Crippen molar-refractivity contribution in [1.82, 2.24) is 10.1 Å². The molecule has 0 spiro atoms. The summed E-state index contributed by atoms with van der Waals surface area (Å²) in [5.41, 5.74) is 3.38. The van der Waals surface area contributed by atoms with Gasteiger partial charge in [0.1, 0.15) is 15.6 Å². The molecule has 0 aliphatic carbocycles. The first-order valence-electron chi connectivity index (χ1n) is 9.01. The van der Waals surface area contributed by atoms with E-state index in [1.807, 2.05) is 32.0 Å². The normalized spacial score (nSPS) is 11.6. The lowest BCUT2D eigenvalue weighted by Crippen LogP contribution is -2.26. The van der Waals surface area contributed by atoms with Crippen LogP contribution in [-0.2, 0) is 10.0 Å². The maximum absolute atomic E-state index is 13.2. The number of rotatable bonds is 5. The van der Waals surface area contributed by atoms with Crippen LogP contribution in [0.15, 0.2) is 63.3 Å². The fourth-order valence-corrected chi connectivity index (χ4v) is 5.42. The van der Waals surface area contributed by atoms with Gasteiger partial charge in [0.2, 0.25) is 5.82 Å². The van der Waals surface area contributed by atoms with E-state index in [9.17, 15) is 12.8 Å². The van der Waals surface area contributed by atoms with Gasteiger partial charge in [0.05, 0.1) is 5.69 Å². The minimum atomic E-state index is -3.91. The van der Waals surface area contributed by atoms with Gasteiger partial charge in [0, 0.05) is 12.6 Å². The van der Waals surface area contributed by atoms with Gasteiger partial charge in [0.25, 0.3) is 15.9 Å². The van der Waals surface area contributed by atoms with Gasteiger partial charge in [-0.25, -0.2) is 12.8 Å². The highest BCUT2D eigenvalue weighted by Crippen LogP contribution is 2.35. The van der Waals surface area contributed by atoms with E-state index in [2.05, 4.69) is 10.1 Å². The molecule has 0 N–H and O–H groups in total. The maximum atomic E-state index is 13.2. The summed E-state index contributed by atoms with van der Waals surface area (Å²) in [6.07, 6.45) is 0. The molecule has 0 atom stereocenters. The SMILES string of the molecule is Cc1ccc(-c2noc(-c3sccc3S(=O)(=O)N(C)c3ccc(F)cc3)n2)cc1C. The number of thiophene rings is 1. The van der Waals surface area contributed by atoms with Gasteiger partial charge in [0.15, 0.2) is 0 Å². The van der Waals surface area contributed by atoms with E-state index in [4.69, 9.17) is 4.52 Å². The third-order valence-corrected chi connectivity index (χ3v) is 7.70. The minimum absolute atomic E-state index is 0.0506. The standard InChI is InChI=1S/C21H18FN3O3S2/c1-13-4-5-15(12-14(13)2)20-23-21(28-24-20)19-18(10-11-29-19)30(26,27)25(3)17-8-6-16(22)7-9-17/h4-12H,1-3H3. The molecule has 9 heteroatoms. The van der Waals surface area contributed by atoms with Crippen LogP contribution < -0.4 is 4.31 Å². The van der Waals surface area contributed by atoms with Crippen LogP contribution in [0.3, 0.4) is 0 Å². The molecule has 4 aromatic rings. The highest BCUT2D eigenvalue weighted by Gasteiger charge is 2.28. The molecule has 2 aromatic carbocycles. The predicted molar refractivity (Wildman–Crippen MR) is 115 cm³/mol. The molecule has 0 amide bonds.